The van der Waals surface area contributed by atoms with E-state index in [0.29, 0.717) is 5.69 Å². The van der Waals surface area contributed by atoms with Gasteiger partial charge < -0.3 is 19.3 Å². The van der Waals surface area contributed by atoms with E-state index in [2.05, 4.69) is 5.10 Å². The van der Waals surface area contributed by atoms with Crippen molar-refractivity contribution in [3.05, 3.63) is 47.3 Å². The minimum absolute atomic E-state index is 0.0177. The average Bonchev–Trinajstić information content (AvgIpc) is 2.99. The van der Waals surface area contributed by atoms with E-state index in [0.717, 1.165) is 0 Å². The lowest BCUT2D eigenvalue weighted by atomic mass is 9.93. The Morgan fingerprint density at radius 1 is 1.17 bits per heavy atom. The normalized spacial score (nSPS) is 15.5. The van der Waals surface area contributed by atoms with Crippen molar-refractivity contribution in [3.8, 4) is 5.69 Å². The van der Waals surface area contributed by atoms with Gasteiger partial charge in [-0.3, -0.25) is 0 Å². The zero-order valence-electron chi connectivity index (χ0n) is 13.2. The topological polar surface area (TPSA) is 99.9 Å². The van der Waals surface area contributed by atoms with E-state index in [4.69, 9.17) is 14.2 Å². The lowest BCUT2D eigenvalue weighted by Crippen LogP contribution is -2.48. The summed E-state index contributed by atoms with van der Waals surface area (Å²) in [6.07, 6.45) is 0. The van der Waals surface area contributed by atoms with Gasteiger partial charge in [-0.2, -0.15) is 5.10 Å². The fourth-order valence-corrected chi connectivity index (χ4v) is 2.57. The molecule has 0 amide bonds. The second kappa shape index (κ2) is 6.06. The maximum absolute atomic E-state index is 12.3. The lowest BCUT2D eigenvalue weighted by Gasteiger charge is -2.37. The first-order valence-electron chi connectivity index (χ1n) is 7.17. The summed E-state index contributed by atoms with van der Waals surface area (Å²) in [5, 5.41) is 15.0. The zero-order valence-corrected chi connectivity index (χ0v) is 13.2. The first kappa shape index (κ1) is 16.2. The molecule has 1 aliphatic rings. The number of carbonyl (C=O) groups is 2. The molecule has 8 nitrogen and oxygen atoms in total. The number of aliphatic hydroxyl groups is 1. The number of methoxy groups -OCH3 is 2. The third-order valence-corrected chi connectivity index (χ3v) is 3.78. The maximum Gasteiger partial charge on any atom is 0.359 e. The number of aromatic nitrogens is 2. The number of para-hydroxylation sites is 1. The van der Waals surface area contributed by atoms with Crippen LogP contribution in [0.1, 0.15) is 26.5 Å². The fraction of sp³-hybridized carbons (Fsp3) is 0.312. The first-order chi connectivity index (χ1) is 11.5. The molecule has 0 aliphatic carbocycles. The van der Waals surface area contributed by atoms with E-state index in [1.54, 1.807) is 24.3 Å². The minimum atomic E-state index is -1.45. The number of ether oxygens (including phenoxy) is 3. The summed E-state index contributed by atoms with van der Waals surface area (Å²) in [7, 11) is 2.38. The number of carbonyl (C=O) groups excluding carboxylic acids is 2. The Bertz CT molecular complexity index is 779. The molecule has 0 saturated carbocycles. The van der Waals surface area contributed by atoms with Crippen LogP contribution in [0.3, 0.4) is 0 Å². The van der Waals surface area contributed by atoms with Gasteiger partial charge in [-0.05, 0) is 12.1 Å². The van der Waals surface area contributed by atoms with Gasteiger partial charge in [-0.15, -0.1) is 0 Å². The summed E-state index contributed by atoms with van der Waals surface area (Å²) in [4.78, 5) is 24.3. The van der Waals surface area contributed by atoms with E-state index >= 15 is 0 Å². The summed E-state index contributed by atoms with van der Waals surface area (Å²) in [5.41, 5.74) is -1.07. The zero-order chi connectivity index (χ0) is 17.3. The van der Waals surface area contributed by atoms with Crippen LogP contribution in [0.2, 0.25) is 0 Å². The second-order valence-corrected chi connectivity index (χ2v) is 5.33. The van der Waals surface area contributed by atoms with Crippen LogP contribution in [-0.4, -0.2) is 54.3 Å². The highest BCUT2D eigenvalue weighted by atomic mass is 16.5. The predicted octanol–water partition coefficient (Wildman–Crippen LogP) is 0.663. The molecule has 0 unspecified atom stereocenters. The molecule has 0 radical (unpaired) electrons. The van der Waals surface area contributed by atoms with Crippen LogP contribution < -0.4 is 0 Å². The minimum Gasteiger partial charge on any atom is -0.465 e. The molecule has 2 aromatic rings. The number of hydrogen-bond acceptors (Lipinski definition) is 7. The SMILES string of the molecule is COC(=O)c1nn(-c2ccccc2)c(C2(O)COC2)c1C(=O)OC. The van der Waals surface area contributed by atoms with Crippen LogP contribution in [0.4, 0.5) is 0 Å². The molecular weight excluding hydrogens is 316 g/mol. The summed E-state index contributed by atoms with van der Waals surface area (Å²) < 4.78 is 15.9. The van der Waals surface area contributed by atoms with Gasteiger partial charge in [0.2, 0.25) is 0 Å². The van der Waals surface area contributed by atoms with Crippen LogP contribution in [0.15, 0.2) is 30.3 Å². The Balaban J connectivity index is 2.30. The van der Waals surface area contributed by atoms with Crippen LogP contribution in [-0.2, 0) is 19.8 Å². The molecule has 1 aliphatic heterocycles. The monoisotopic (exact) mass is 332 g/mol. The fourth-order valence-electron chi connectivity index (χ4n) is 2.57. The van der Waals surface area contributed by atoms with Gasteiger partial charge in [0.25, 0.3) is 0 Å². The van der Waals surface area contributed by atoms with Gasteiger partial charge >= 0.3 is 11.9 Å². The van der Waals surface area contributed by atoms with Crippen molar-refractivity contribution >= 4 is 11.9 Å². The highest BCUT2D eigenvalue weighted by Crippen LogP contribution is 2.35. The Morgan fingerprint density at radius 2 is 1.79 bits per heavy atom. The first-order valence-corrected chi connectivity index (χ1v) is 7.17. The van der Waals surface area contributed by atoms with E-state index in [1.165, 1.54) is 18.9 Å². The standard InChI is InChI=1S/C16H16N2O6/c1-22-14(19)11-12(15(20)23-2)17-18(10-6-4-3-5-7-10)13(11)16(21)8-24-9-16/h3-7,21H,8-9H2,1-2H3. The average molecular weight is 332 g/mol. The van der Waals surface area contributed by atoms with E-state index in [9.17, 15) is 14.7 Å². The summed E-state index contributed by atoms with van der Waals surface area (Å²) in [6.45, 7) is -0.0354. The van der Waals surface area contributed by atoms with Crippen LogP contribution in [0, 0.1) is 0 Å². The Labute approximate surface area is 137 Å². The molecule has 1 fully saturated rings. The number of esters is 2. The van der Waals surface area contributed by atoms with E-state index < -0.39 is 17.5 Å². The number of nitrogens with zero attached hydrogens (tertiary/aromatic N) is 2. The van der Waals surface area contributed by atoms with Gasteiger partial charge in [0.05, 0.1) is 38.8 Å². The van der Waals surface area contributed by atoms with Crippen molar-refractivity contribution in [1.29, 1.82) is 0 Å². The molecule has 1 aromatic heterocycles. The number of hydrogen-bond donors (Lipinski definition) is 1. The molecule has 1 N–H and O–H groups in total. The summed E-state index contributed by atoms with van der Waals surface area (Å²) in [5.74, 6) is -1.58. The van der Waals surface area contributed by atoms with Gasteiger partial charge in [-0.25, -0.2) is 14.3 Å². The van der Waals surface area contributed by atoms with Crippen LogP contribution in [0.25, 0.3) is 5.69 Å². The lowest BCUT2D eigenvalue weighted by molar-refractivity contribution is -0.188. The van der Waals surface area contributed by atoms with Gasteiger partial charge in [0.1, 0.15) is 5.56 Å². The maximum atomic E-state index is 12.3. The molecular formula is C16H16N2O6. The molecule has 3 rings (SSSR count). The third kappa shape index (κ3) is 2.45. The molecule has 1 saturated heterocycles. The van der Waals surface area contributed by atoms with E-state index in [1.807, 2.05) is 6.07 Å². The van der Waals surface area contributed by atoms with Crippen molar-refractivity contribution in [2.45, 2.75) is 5.60 Å². The molecule has 1 aromatic carbocycles. The highest BCUT2D eigenvalue weighted by Gasteiger charge is 2.47. The van der Waals surface area contributed by atoms with Crippen molar-refractivity contribution in [1.82, 2.24) is 9.78 Å². The molecule has 126 valence electrons. The Morgan fingerprint density at radius 3 is 2.29 bits per heavy atom. The largest absolute Gasteiger partial charge is 0.465 e. The van der Waals surface area contributed by atoms with Crippen molar-refractivity contribution in [2.24, 2.45) is 0 Å². The highest BCUT2D eigenvalue weighted by molar-refractivity contribution is 6.03. The van der Waals surface area contributed by atoms with Crippen molar-refractivity contribution in [2.75, 3.05) is 27.4 Å². The Hall–Kier alpha value is -2.71. The molecule has 0 atom stereocenters. The van der Waals surface area contributed by atoms with Crippen LogP contribution in [0.5, 0.6) is 0 Å². The molecule has 0 bridgehead atoms. The van der Waals surface area contributed by atoms with Crippen molar-refractivity contribution in [3.63, 3.8) is 0 Å². The second-order valence-electron chi connectivity index (χ2n) is 5.33. The third-order valence-electron chi connectivity index (χ3n) is 3.78. The van der Waals surface area contributed by atoms with Gasteiger partial charge in [0, 0.05) is 0 Å². The molecule has 0 spiro atoms. The number of benzene rings is 1. The smallest absolute Gasteiger partial charge is 0.359 e. The summed E-state index contributed by atoms with van der Waals surface area (Å²) in [6, 6.07) is 8.84. The Kier molecular flexibility index (Phi) is 4.08. The summed E-state index contributed by atoms with van der Waals surface area (Å²) >= 11 is 0. The predicted molar refractivity (Wildman–Crippen MR) is 81.0 cm³/mol. The quantitative estimate of drug-likeness (QED) is 0.821. The number of rotatable bonds is 4. The van der Waals surface area contributed by atoms with Crippen LogP contribution >= 0.6 is 0 Å². The molecule has 24 heavy (non-hydrogen) atoms. The molecule has 2 heterocycles. The van der Waals surface area contributed by atoms with E-state index in [-0.39, 0.29) is 30.2 Å². The molecule has 8 heteroatoms. The van der Waals surface area contributed by atoms with Gasteiger partial charge in [-0.1, -0.05) is 18.2 Å². The van der Waals surface area contributed by atoms with Gasteiger partial charge in [0.15, 0.2) is 11.3 Å². The van der Waals surface area contributed by atoms with Crippen molar-refractivity contribution < 1.29 is 28.9 Å².